The van der Waals surface area contributed by atoms with Gasteiger partial charge < -0.3 is 9.73 Å². The van der Waals surface area contributed by atoms with Crippen LogP contribution in [0.4, 0.5) is 16.2 Å². The number of aryl methyl sites for hydroxylation is 1. The van der Waals surface area contributed by atoms with E-state index in [9.17, 15) is 14.9 Å². The fourth-order valence-corrected chi connectivity index (χ4v) is 2.58. The number of rotatable bonds is 5. The molecule has 2 aromatic carbocycles. The van der Waals surface area contributed by atoms with Crippen molar-refractivity contribution in [2.75, 3.05) is 5.32 Å². The normalized spacial score (nSPS) is 10.8. The topological polar surface area (TPSA) is 110 Å². The Bertz CT molecular complexity index is 1050. The summed E-state index contributed by atoms with van der Waals surface area (Å²) in [6.07, 6.45) is 1.29. The van der Waals surface area contributed by atoms with Crippen LogP contribution in [0, 0.1) is 17.0 Å². The Morgan fingerprint density at radius 2 is 1.96 bits per heavy atom. The average molecular weight is 399 g/mol. The first-order valence-corrected chi connectivity index (χ1v) is 8.51. The third kappa shape index (κ3) is 4.54. The van der Waals surface area contributed by atoms with E-state index in [2.05, 4.69) is 15.8 Å². The summed E-state index contributed by atoms with van der Waals surface area (Å²) in [5.41, 5.74) is 3.67. The van der Waals surface area contributed by atoms with Crippen molar-refractivity contribution >= 4 is 35.2 Å². The van der Waals surface area contributed by atoms with Gasteiger partial charge in [0.15, 0.2) is 0 Å². The Morgan fingerprint density at radius 1 is 1.21 bits per heavy atom. The second-order valence-corrected chi connectivity index (χ2v) is 6.18. The summed E-state index contributed by atoms with van der Waals surface area (Å²) >= 11 is 6.09. The number of nitrogens with one attached hydrogen (secondary N) is 2. The number of para-hydroxylation sites is 1. The van der Waals surface area contributed by atoms with E-state index in [0.717, 1.165) is 0 Å². The van der Waals surface area contributed by atoms with Crippen molar-refractivity contribution in [2.24, 2.45) is 5.10 Å². The zero-order chi connectivity index (χ0) is 20.1. The van der Waals surface area contributed by atoms with Gasteiger partial charge in [0.2, 0.25) is 0 Å². The molecule has 9 heteroatoms. The molecule has 2 amide bonds. The van der Waals surface area contributed by atoms with Gasteiger partial charge in [0.25, 0.3) is 5.69 Å². The van der Waals surface area contributed by atoms with Crippen molar-refractivity contribution in [3.63, 3.8) is 0 Å². The number of benzene rings is 2. The lowest BCUT2D eigenvalue weighted by molar-refractivity contribution is -0.384. The summed E-state index contributed by atoms with van der Waals surface area (Å²) in [7, 11) is 0. The largest absolute Gasteiger partial charge is 0.455 e. The SMILES string of the molecule is Cc1cc([N+](=O)[O-])c(-c2ccc(/C=N/NC(=O)Nc3ccccc3)o2)cc1Cl. The Morgan fingerprint density at radius 3 is 2.68 bits per heavy atom. The molecule has 1 aromatic heterocycles. The molecule has 0 unspecified atom stereocenters. The van der Waals surface area contributed by atoms with Crippen LogP contribution in [-0.2, 0) is 0 Å². The lowest BCUT2D eigenvalue weighted by atomic mass is 10.1. The number of halogens is 1. The molecule has 2 N–H and O–H groups in total. The van der Waals surface area contributed by atoms with E-state index in [-0.39, 0.29) is 17.0 Å². The van der Waals surface area contributed by atoms with Gasteiger partial charge in [0.05, 0.1) is 16.7 Å². The molecule has 0 bridgehead atoms. The van der Waals surface area contributed by atoms with Crippen LogP contribution in [0.25, 0.3) is 11.3 Å². The number of nitro benzene ring substituents is 1. The minimum absolute atomic E-state index is 0.111. The van der Waals surface area contributed by atoms with Crippen LogP contribution < -0.4 is 10.7 Å². The van der Waals surface area contributed by atoms with Gasteiger partial charge in [0, 0.05) is 16.8 Å². The molecule has 0 saturated carbocycles. The highest BCUT2D eigenvalue weighted by atomic mass is 35.5. The molecule has 0 saturated heterocycles. The number of carbonyl (C=O) groups is 1. The molecule has 0 aliphatic carbocycles. The third-order valence-electron chi connectivity index (χ3n) is 3.76. The summed E-state index contributed by atoms with van der Waals surface area (Å²) in [6.45, 7) is 1.69. The summed E-state index contributed by atoms with van der Waals surface area (Å²) < 4.78 is 5.57. The summed E-state index contributed by atoms with van der Waals surface area (Å²) in [4.78, 5) is 22.6. The maximum atomic E-state index is 11.8. The first-order valence-electron chi connectivity index (χ1n) is 8.14. The Balaban J connectivity index is 1.71. The number of hydrogen-bond donors (Lipinski definition) is 2. The second kappa shape index (κ2) is 8.36. The zero-order valence-electron chi connectivity index (χ0n) is 14.7. The van der Waals surface area contributed by atoms with E-state index < -0.39 is 11.0 Å². The van der Waals surface area contributed by atoms with E-state index in [1.54, 1.807) is 43.3 Å². The minimum Gasteiger partial charge on any atom is -0.455 e. The van der Waals surface area contributed by atoms with Crippen LogP contribution in [-0.4, -0.2) is 17.2 Å². The molecule has 0 fully saturated rings. The third-order valence-corrected chi connectivity index (χ3v) is 4.16. The number of amides is 2. The van der Waals surface area contributed by atoms with Crippen molar-refractivity contribution in [1.82, 2.24) is 5.43 Å². The fraction of sp³-hybridized carbons (Fsp3) is 0.0526. The second-order valence-electron chi connectivity index (χ2n) is 5.77. The molecule has 3 rings (SSSR count). The van der Waals surface area contributed by atoms with Crippen LogP contribution in [0.2, 0.25) is 5.02 Å². The van der Waals surface area contributed by atoms with Crippen molar-refractivity contribution < 1.29 is 14.1 Å². The van der Waals surface area contributed by atoms with E-state index in [0.29, 0.717) is 22.0 Å². The lowest BCUT2D eigenvalue weighted by Crippen LogP contribution is -2.24. The number of nitrogens with zero attached hydrogens (tertiary/aromatic N) is 2. The fourth-order valence-electron chi connectivity index (χ4n) is 2.42. The number of anilines is 1. The van der Waals surface area contributed by atoms with Gasteiger partial charge in [-0.15, -0.1) is 0 Å². The summed E-state index contributed by atoms with van der Waals surface area (Å²) in [5.74, 6) is 0.574. The Labute approximate surface area is 165 Å². The molecule has 28 heavy (non-hydrogen) atoms. The predicted molar refractivity (Wildman–Crippen MR) is 107 cm³/mol. The Hall–Kier alpha value is -3.65. The maximum Gasteiger partial charge on any atom is 0.339 e. The van der Waals surface area contributed by atoms with Gasteiger partial charge >= 0.3 is 6.03 Å². The number of nitro groups is 1. The molecule has 0 radical (unpaired) electrons. The zero-order valence-corrected chi connectivity index (χ0v) is 15.4. The monoisotopic (exact) mass is 398 g/mol. The number of furan rings is 1. The van der Waals surface area contributed by atoms with Crippen molar-refractivity contribution in [1.29, 1.82) is 0 Å². The van der Waals surface area contributed by atoms with E-state index in [4.69, 9.17) is 16.0 Å². The van der Waals surface area contributed by atoms with Gasteiger partial charge in [-0.25, -0.2) is 10.2 Å². The van der Waals surface area contributed by atoms with Crippen LogP contribution >= 0.6 is 11.6 Å². The number of hydrogen-bond acceptors (Lipinski definition) is 5. The van der Waals surface area contributed by atoms with Crippen LogP contribution in [0.1, 0.15) is 11.3 Å². The number of urea groups is 1. The molecule has 0 spiro atoms. The molecule has 8 nitrogen and oxygen atoms in total. The van der Waals surface area contributed by atoms with Crippen LogP contribution in [0.5, 0.6) is 0 Å². The molecule has 3 aromatic rings. The van der Waals surface area contributed by atoms with Gasteiger partial charge in [-0.3, -0.25) is 10.1 Å². The molecular formula is C19H15ClN4O4. The molecule has 142 valence electrons. The molecule has 1 heterocycles. The first kappa shape index (κ1) is 19.1. The number of carbonyl (C=O) groups excluding carboxylic acids is 1. The standard InChI is InChI=1S/C19H15ClN4O4/c1-12-9-17(24(26)27)15(10-16(12)20)18-8-7-14(28-18)11-21-23-19(25)22-13-5-3-2-4-6-13/h2-11H,1H3,(H2,22,23,25)/b21-11+. The molecule has 0 aliphatic heterocycles. The first-order chi connectivity index (χ1) is 13.4. The van der Waals surface area contributed by atoms with Crippen LogP contribution in [0.15, 0.2) is 64.1 Å². The average Bonchev–Trinajstić information content (AvgIpc) is 3.13. The molecule has 0 aliphatic rings. The van der Waals surface area contributed by atoms with Crippen molar-refractivity contribution in [3.05, 3.63) is 81.1 Å². The van der Waals surface area contributed by atoms with Gasteiger partial charge in [-0.2, -0.15) is 5.10 Å². The minimum atomic E-state index is -0.518. The van der Waals surface area contributed by atoms with E-state index >= 15 is 0 Å². The van der Waals surface area contributed by atoms with Gasteiger partial charge in [-0.05, 0) is 42.8 Å². The highest BCUT2D eigenvalue weighted by Gasteiger charge is 2.20. The van der Waals surface area contributed by atoms with Crippen molar-refractivity contribution in [3.8, 4) is 11.3 Å². The quantitative estimate of drug-likeness (QED) is 0.359. The van der Waals surface area contributed by atoms with Crippen molar-refractivity contribution in [2.45, 2.75) is 6.92 Å². The highest BCUT2D eigenvalue weighted by Crippen LogP contribution is 2.35. The maximum absolute atomic E-state index is 11.8. The van der Waals surface area contributed by atoms with Gasteiger partial charge in [0.1, 0.15) is 11.5 Å². The lowest BCUT2D eigenvalue weighted by Gasteiger charge is -2.03. The van der Waals surface area contributed by atoms with Gasteiger partial charge in [-0.1, -0.05) is 29.8 Å². The smallest absolute Gasteiger partial charge is 0.339 e. The van der Waals surface area contributed by atoms with E-state index in [1.165, 1.54) is 18.3 Å². The summed E-state index contributed by atoms with van der Waals surface area (Å²) in [5, 5.41) is 18.1. The van der Waals surface area contributed by atoms with E-state index in [1.807, 2.05) is 6.07 Å². The molecular weight excluding hydrogens is 384 g/mol. The molecule has 0 atom stereocenters. The predicted octanol–water partition coefficient (Wildman–Crippen LogP) is 4.97. The number of hydrazone groups is 1. The summed E-state index contributed by atoms with van der Waals surface area (Å²) in [6, 6.07) is 14.4. The highest BCUT2D eigenvalue weighted by molar-refractivity contribution is 6.31. The van der Waals surface area contributed by atoms with Crippen LogP contribution in [0.3, 0.4) is 0 Å². The Kier molecular flexibility index (Phi) is 5.71.